The Morgan fingerprint density at radius 1 is 0.956 bits per heavy atom. The summed E-state index contributed by atoms with van der Waals surface area (Å²) < 4.78 is 106. The standard InChI is InChI=1S/C29H17ClF8N4O3/c30-19-8-13(12-39)3-5-17(19)18-6-4-14(16-2-1-7-40-24(16)18)9-22(26(44)45)42-25(43)23-20(31)10-15(11-21(23)32)41-27(28(33,34)35)29(36,37)38/h1-8,10-11,22,27,41H,9H2,(H,42,43)(H,44,45)/t22-/m1/s1. The molecule has 0 radical (unpaired) electrons. The van der Waals surface area contributed by atoms with Gasteiger partial charge in [0.1, 0.15) is 23.2 Å². The number of carboxylic acid groups (broad SMARTS) is 1. The lowest BCUT2D eigenvalue weighted by Gasteiger charge is -2.25. The summed E-state index contributed by atoms with van der Waals surface area (Å²) in [7, 11) is 0. The molecular weight excluding hydrogens is 640 g/mol. The minimum atomic E-state index is -5.87. The second-order valence-electron chi connectivity index (χ2n) is 9.52. The van der Waals surface area contributed by atoms with Gasteiger partial charge in [0.2, 0.25) is 6.04 Å². The van der Waals surface area contributed by atoms with E-state index in [9.17, 15) is 49.8 Å². The third kappa shape index (κ3) is 7.23. The maximum atomic E-state index is 14.7. The molecule has 0 aliphatic heterocycles. The summed E-state index contributed by atoms with van der Waals surface area (Å²) in [5, 5.41) is 22.4. The van der Waals surface area contributed by atoms with Crippen molar-refractivity contribution in [2.75, 3.05) is 5.32 Å². The zero-order chi connectivity index (χ0) is 33.3. The molecule has 0 spiro atoms. The number of pyridine rings is 1. The third-order valence-corrected chi connectivity index (χ3v) is 6.82. The number of nitrogens with one attached hydrogen (secondary N) is 2. The summed E-state index contributed by atoms with van der Waals surface area (Å²) >= 11 is 6.35. The van der Waals surface area contributed by atoms with E-state index in [2.05, 4.69) is 4.98 Å². The van der Waals surface area contributed by atoms with Gasteiger partial charge < -0.3 is 15.7 Å². The van der Waals surface area contributed by atoms with Crippen LogP contribution in [0, 0.1) is 23.0 Å². The maximum absolute atomic E-state index is 14.7. The molecule has 0 aliphatic carbocycles. The van der Waals surface area contributed by atoms with Crippen LogP contribution < -0.4 is 10.6 Å². The predicted octanol–water partition coefficient (Wildman–Crippen LogP) is 7.04. The van der Waals surface area contributed by atoms with E-state index >= 15 is 0 Å². The number of hydrogen-bond acceptors (Lipinski definition) is 5. The first-order chi connectivity index (χ1) is 21.0. The van der Waals surface area contributed by atoms with Gasteiger partial charge in [0.25, 0.3) is 5.91 Å². The molecular formula is C29H17ClF8N4O3. The monoisotopic (exact) mass is 656 g/mol. The molecule has 7 nitrogen and oxygen atoms in total. The number of fused-ring (bicyclic) bond motifs is 1. The molecule has 0 saturated heterocycles. The lowest BCUT2D eigenvalue weighted by molar-refractivity contribution is -0.242. The van der Waals surface area contributed by atoms with Gasteiger partial charge in [0.15, 0.2) is 0 Å². The topological polar surface area (TPSA) is 115 Å². The van der Waals surface area contributed by atoms with Crippen LogP contribution in [0.4, 0.5) is 40.8 Å². The summed E-state index contributed by atoms with van der Waals surface area (Å²) in [5.74, 6) is -6.95. The fourth-order valence-corrected chi connectivity index (χ4v) is 4.75. The van der Waals surface area contributed by atoms with Crippen molar-refractivity contribution in [2.24, 2.45) is 0 Å². The molecule has 0 saturated carbocycles. The van der Waals surface area contributed by atoms with Crippen LogP contribution in [0.15, 0.2) is 60.8 Å². The number of hydrogen-bond donors (Lipinski definition) is 3. The average Bonchev–Trinajstić information content (AvgIpc) is 2.94. The Bertz CT molecular complexity index is 1800. The van der Waals surface area contributed by atoms with Crippen LogP contribution in [0.5, 0.6) is 0 Å². The molecule has 0 bridgehead atoms. The second-order valence-corrected chi connectivity index (χ2v) is 9.93. The van der Waals surface area contributed by atoms with E-state index in [0.29, 0.717) is 33.2 Å². The van der Waals surface area contributed by atoms with E-state index < -0.39 is 65.6 Å². The lowest BCUT2D eigenvalue weighted by atomic mass is 9.94. The predicted molar refractivity (Wildman–Crippen MR) is 145 cm³/mol. The Morgan fingerprint density at radius 3 is 2.13 bits per heavy atom. The fourth-order valence-electron chi connectivity index (χ4n) is 4.47. The van der Waals surface area contributed by atoms with Crippen LogP contribution in [-0.4, -0.2) is 46.4 Å². The van der Waals surface area contributed by atoms with Crippen LogP contribution in [0.3, 0.4) is 0 Å². The fraction of sp³-hybridized carbons (Fsp3) is 0.172. The minimum absolute atomic E-state index is 0.0461. The Labute approximate surface area is 253 Å². The summed E-state index contributed by atoms with van der Waals surface area (Å²) in [6.45, 7) is 0. The molecule has 1 atom stereocenters. The van der Waals surface area contributed by atoms with Crippen LogP contribution in [0.2, 0.25) is 5.02 Å². The maximum Gasteiger partial charge on any atom is 0.417 e. The Kier molecular flexibility index (Phi) is 9.19. The largest absolute Gasteiger partial charge is 0.480 e. The van der Waals surface area contributed by atoms with E-state index in [0.717, 1.165) is 5.32 Å². The van der Waals surface area contributed by atoms with E-state index in [-0.39, 0.29) is 17.2 Å². The molecule has 0 aliphatic rings. The molecule has 1 amide bonds. The molecule has 1 aromatic heterocycles. The molecule has 16 heteroatoms. The van der Waals surface area contributed by atoms with Gasteiger partial charge in [-0.05, 0) is 35.9 Å². The number of benzene rings is 3. The van der Waals surface area contributed by atoms with Crippen molar-refractivity contribution in [2.45, 2.75) is 30.9 Å². The van der Waals surface area contributed by atoms with Crippen LogP contribution >= 0.6 is 11.6 Å². The summed E-state index contributed by atoms with van der Waals surface area (Å²) in [6.07, 6.45) is -10.7. The smallest absolute Gasteiger partial charge is 0.417 e. The zero-order valence-corrected chi connectivity index (χ0v) is 23.0. The highest BCUT2D eigenvalue weighted by Gasteiger charge is 2.57. The first kappa shape index (κ1) is 32.9. The number of carbonyl (C=O) groups excluding carboxylic acids is 1. The number of alkyl halides is 6. The van der Waals surface area contributed by atoms with Crippen LogP contribution in [0.1, 0.15) is 21.5 Å². The first-order valence-electron chi connectivity index (χ1n) is 12.5. The number of nitrogens with zero attached hydrogens (tertiary/aromatic N) is 2. The molecule has 0 unspecified atom stereocenters. The van der Waals surface area contributed by atoms with Crippen LogP contribution in [0.25, 0.3) is 22.0 Å². The van der Waals surface area contributed by atoms with E-state index in [1.54, 1.807) is 24.3 Å². The van der Waals surface area contributed by atoms with E-state index in [1.807, 2.05) is 11.4 Å². The molecule has 4 aromatic rings. The molecule has 0 fully saturated rings. The number of carbonyl (C=O) groups is 2. The molecule has 3 N–H and O–H groups in total. The van der Waals surface area contributed by atoms with Gasteiger partial charge in [-0.1, -0.05) is 35.9 Å². The van der Waals surface area contributed by atoms with Gasteiger partial charge in [-0.25, -0.2) is 13.6 Å². The molecule has 3 aromatic carbocycles. The van der Waals surface area contributed by atoms with Crippen molar-refractivity contribution in [1.82, 2.24) is 10.3 Å². The summed E-state index contributed by atoms with van der Waals surface area (Å²) in [4.78, 5) is 29.1. The molecule has 45 heavy (non-hydrogen) atoms. The minimum Gasteiger partial charge on any atom is -0.480 e. The van der Waals surface area contributed by atoms with E-state index in [1.165, 1.54) is 24.4 Å². The molecule has 1 heterocycles. The van der Waals surface area contributed by atoms with Crippen molar-refractivity contribution in [3.8, 4) is 17.2 Å². The first-order valence-corrected chi connectivity index (χ1v) is 12.9. The highest BCUT2D eigenvalue weighted by Crippen LogP contribution is 2.37. The number of anilines is 1. The molecule has 4 rings (SSSR count). The molecule has 234 valence electrons. The normalized spacial score (nSPS) is 12.6. The number of amides is 1. The van der Waals surface area contributed by atoms with Crippen molar-refractivity contribution in [3.05, 3.63) is 94.1 Å². The van der Waals surface area contributed by atoms with Crippen LogP contribution in [-0.2, 0) is 11.2 Å². The average molecular weight is 657 g/mol. The third-order valence-electron chi connectivity index (χ3n) is 6.51. The van der Waals surface area contributed by atoms with Crippen molar-refractivity contribution < 1.29 is 49.8 Å². The SMILES string of the molecule is N#Cc1ccc(-c2ccc(C[C@@H](NC(=O)c3c(F)cc(NC(C(F)(F)F)C(F)(F)F)cc3F)C(=O)O)c3cccnc23)c(Cl)c1. The number of aliphatic carboxylic acids is 1. The van der Waals surface area contributed by atoms with Gasteiger partial charge >= 0.3 is 18.3 Å². The Hall–Kier alpha value is -4.97. The van der Waals surface area contributed by atoms with Gasteiger partial charge in [-0.15, -0.1) is 0 Å². The van der Waals surface area contributed by atoms with Gasteiger partial charge in [0, 0.05) is 39.8 Å². The van der Waals surface area contributed by atoms with Gasteiger partial charge in [0.05, 0.1) is 17.1 Å². The number of halogens is 9. The van der Waals surface area contributed by atoms with Gasteiger partial charge in [-0.3, -0.25) is 9.78 Å². The Balaban J connectivity index is 1.62. The quantitative estimate of drug-likeness (QED) is 0.175. The zero-order valence-electron chi connectivity index (χ0n) is 22.2. The summed E-state index contributed by atoms with van der Waals surface area (Å²) in [5.41, 5.74) is -0.663. The number of rotatable bonds is 8. The number of carboxylic acids is 1. The van der Waals surface area contributed by atoms with Gasteiger partial charge in [-0.2, -0.15) is 31.6 Å². The summed E-state index contributed by atoms with van der Waals surface area (Å²) in [6, 6.07) is 6.88. The van der Waals surface area contributed by atoms with Crippen molar-refractivity contribution in [1.29, 1.82) is 5.26 Å². The van der Waals surface area contributed by atoms with Crippen molar-refractivity contribution >= 4 is 40.1 Å². The highest BCUT2D eigenvalue weighted by atomic mass is 35.5. The Morgan fingerprint density at radius 2 is 1.58 bits per heavy atom. The highest BCUT2D eigenvalue weighted by molar-refractivity contribution is 6.33. The number of aromatic nitrogens is 1. The van der Waals surface area contributed by atoms with Crippen molar-refractivity contribution in [3.63, 3.8) is 0 Å². The number of nitriles is 1. The van der Waals surface area contributed by atoms with E-state index in [4.69, 9.17) is 16.9 Å². The lowest BCUT2D eigenvalue weighted by Crippen LogP contribution is -2.48. The second kappa shape index (κ2) is 12.6.